The van der Waals surface area contributed by atoms with Gasteiger partial charge in [-0.15, -0.1) is 0 Å². The van der Waals surface area contributed by atoms with E-state index in [2.05, 4.69) is 0 Å². The second-order valence-electron chi connectivity index (χ2n) is 2.71. The Labute approximate surface area is 78.5 Å². The molecule has 0 fully saturated rings. The van der Waals surface area contributed by atoms with Gasteiger partial charge in [0, 0.05) is 0 Å². The summed E-state index contributed by atoms with van der Waals surface area (Å²) in [5.41, 5.74) is 0. The monoisotopic (exact) mass is 222 g/mol. The first-order valence-electron chi connectivity index (χ1n) is 3.71. The molecule has 0 saturated heterocycles. The predicted molar refractivity (Wildman–Crippen MR) is 41.9 cm³/mol. The summed E-state index contributed by atoms with van der Waals surface area (Å²) in [5.74, 6) is -0.987. The van der Waals surface area contributed by atoms with Crippen molar-refractivity contribution < 1.29 is 40.9 Å². The fourth-order valence-corrected chi connectivity index (χ4v) is 2.85. The summed E-state index contributed by atoms with van der Waals surface area (Å²) in [6, 6.07) is 0. The summed E-state index contributed by atoms with van der Waals surface area (Å²) in [4.78, 5) is 41.4. The topological polar surface area (TPSA) is 88.5 Å². The molecule has 5 nitrogen and oxygen atoms in total. The van der Waals surface area contributed by atoms with Crippen molar-refractivity contribution in [1.82, 2.24) is 0 Å². The zero-order chi connectivity index (χ0) is 10.3. The number of carbonyl (C=O) groups excluding carboxylic acids is 3. The quantitative estimate of drug-likeness (QED) is 0.483. The van der Waals surface area contributed by atoms with Crippen LogP contribution in [-0.4, -0.2) is 24.8 Å². The molecule has 0 radical (unpaired) electrons. The van der Waals surface area contributed by atoms with Gasteiger partial charge in [0.1, 0.15) is 0 Å². The van der Waals surface area contributed by atoms with Crippen LogP contribution in [0.3, 0.4) is 0 Å². The third-order valence-corrected chi connectivity index (χ3v) is 5.62. The molecule has 0 aromatic rings. The molecule has 0 aromatic carbocycles. The van der Waals surface area contributed by atoms with E-state index in [1.54, 1.807) is 0 Å². The minimum atomic E-state index is -3.60. The Bertz CT molecular complexity index is 203. The normalized spacial score (nSPS) is 10.5. The van der Waals surface area contributed by atoms with Crippen molar-refractivity contribution in [3.8, 4) is 0 Å². The number of carboxylic acids is 1. The SMILES string of the molecule is O=[CH][Ti]([CH]=O)([CH]=O)[CH2]CCC(=O)O. The first-order chi connectivity index (χ1) is 6.10. The summed E-state index contributed by atoms with van der Waals surface area (Å²) >= 11 is -3.60. The van der Waals surface area contributed by atoms with E-state index in [1.165, 1.54) is 0 Å². The summed E-state index contributed by atoms with van der Waals surface area (Å²) in [6.45, 7) is 0. The molecule has 0 aliphatic heterocycles. The fraction of sp³-hybridized carbons (Fsp3) is 0.429. The number of carbonyl (C=O) groups is 4. The van der Waals surface area contributed by atoms with Gasteiger partial charge >= 0.3 is 78.2 Å². The Hall–Kier alpha value is -0.806. The molecule has 0 amide bonds. The van der Waals surface area contributed by atoms with Crippen molar-refractivity contribution in [2.75, 3.05) is 0 Å². The van der Waals surface area contributed by atoms with E-state index in [-0.39, 0.29) is 17.6 Å². The first kappa shape index (κ1) is 12.2. The maximum absolute atomic E-state index is 10.4. The average Bonchev–Trinajstić information content (AvgIpc) is 2.13. The molecule has 0 aliphatic rings. The fourth-order valence-electron chi connectivity index (χ4n) is 0.806. The van der Waals surface area contributed by atoms with Crippen molar-refractivity contribution in [3.63, 3.8) is 0 Å². The summed E-state index contributed by atoms with van der Waals surface area (Å²) < 4.78 is 1.44. The molecule has 13 heavy (non-hydrogen) atoms. The van der Waals surface area contributed by atoms with E-state index in [0.717, 1.165) is 0 Å². The van der Waals surface area contributed by atoms with Crippen molar-refractivity contribution in [3.05, 3.63) is 0 Å². The van der Waals surface area contributed by atoms with Crippen LogP contribution in [-0.2, 0) is 35.8 Å². The van der Waals surface area contributed by atoms with Gasteiger partial charge in [0.2, 0.25) is 0 Å². The van der Waals surface area contributed by atoms with E-state index < -0.39 is 22.6 Å². The van der Waals surface area contributed by atoms with Gasteiger partial charge in [-0.2, -0.15) is 0 Å². The second-order valence-corrected chi connectivity index (χ2v) is 8.07. The number of hydrogen-bond donors (Lipinski definition) is 1. The molecule has 0 aliphatic carbocycles. The number of aliphatic carboxylic acids is 1. The third kappa shape index (κ3) is 4.10. The average molecular weight is 222 g/mol. The molecule has 0 saturated carbocycles. The van der Waals surface area contributed by atoms with Crippen LogP contribution in [0.2, 0.25) is 4.73 Å². The summed E-state index contributed by atoms with van der Waals surface area (Å²) in [7, 11) is 0. The molecule has 0 bridgehead atoms. The van der Waals surface area contributed by atoms with Gasteiger partial charge in [0.15, 0.2) is 0 Å². The molecule has 1 N–H and O–H groups in total. The molecule has 0 rings (SSSR count). The van der Waals surface area contributed by atoms with Crippen molar-refractivity contribution in [2.24, 2.45) is 0 Å². The molecule has 0 heterocycles. The molecule has 72 valence electrons. The van der Waals surface area contributed by atoms with Gasteiger partial charge in [-0.05, 0) is 0 Å². The number of carboxylic acid groups (broad SMARTS) is 1. The summed E-state index contributed by atoms with van der Waals surface area (Å²) in [5, 5.41) is 8.28. The van der Waals surface area contributed by atoms with Crippen LogP contribution in [0.5, 0.6) is 0 Å². The van der Waals surface area contributed by atoms with Gasteiger partial charge in [-0.3, -0.25) is 0 Å². The second kappa shape index (κ2) is 5.77. The van der Waals surface area contributed by atoms with E-state index in [9.17, 15) is 19.2 Å². The number of rotatable bonds is 7. The van der Waals surface area contributed by atoms with Gasteiger partial charge < -0.3 is 0 Å². The Kier molecular flexibility index (Phi) is 5.42. The Morgan fingerprint density at radius 1 is 1.15 bits per heavy atom. The Balaban J connectivity index is 4.11. The van der Waals surface area contributed by atoms with Gasteiger partial charge in [0.25, 0.3) is 0 Å². The third-order valence-electron chi connectivity index (χ3n) is 1.66. The Morgan fingerprint density at radius 3 is 1.92 bits per heavy atom. The maximum atomic E-state index is 10.4. The molecule has 0 spiro atoms. The zero-order valence-corrected chi connectivity index (χ0v) is 8.50. The first-order valence-corrected chi connectivity index (χ1v) is 7.52. The number of hydrogen-bond acceptors (Lipinski definition) is 4. The minimum absolute atomic E-state index is 0.109. The standard InChI is InChI=1S/C4H7O2.3CHO.Ti/c1-2-3-4(5)6;3*1-2;/h1-3H2,(H,5,6);3*1H;. The van der Waals surface area contributed by atoms with E-state index in [0.29, 0.717) is 13.8 Å². The van der Waals surface area contributed by atoms with E-state index >= 15 is 0 Å². The van der Waals surface area contributed by atoms with Crippen LogP contribution < -0.4 is 0 Å². The molecule has 6 heteroatoms. The molecule has 0 atom stereocenters. The van der Waals surface area contributed by atoms with Crippen LogP contribution in [0.4, 0.5) is 0 Å². The molecular formula is C7H10O5Ti. The predicted octanol–water partition coefficient (Wildman–Crippen LogP) is -0.00600. The van der Waals surface area contributed by atoms with Crippen LogP contribution in [0.1, 0.15) is 12.8 Å². The van der Waals surface area contributed by atoms with Crippen molar-refractivity contribution >= 4 is 19.7 Å². The molecular weight excluding hydrogens is 212 g/mol. The zero-order valence-electron chi connectivity index (χ0n) is 6.93. The van der Waals surface area contributed by atoms with E-state index in [4.69, 9.17) is 5.11 Å². The van der Waals surface area contributed by atoms with Crippen molar-refractivity contribution in [1.29, 1.82) is 0 Å². The van der Waals surface area contributed by atoms with Crippen LogP contribution in [0.15, 0.2) is 0 Å². The van der Waals surface area contributed by atoms with Crippen LogP contribution >= 0.6 is 0 Å². The van der Waals surface area contributed by atoms with Crippen LogP contribution in [0.25, 0.3) is 0 Å². The van der Waals surface area contributed by atoms with E-state index in [1.807, 2.05) is 0 Å². The van der Waals surface area contributed by atoms with Gasteiger partial charge in [-0.1, -0.05) is 0 Å². The molecule has 0 unspecified atom stereocenters. The van der Waals surface area contributed by atoms with Crippen LogP contribution in [0, 0.1) is 0 Å². The van der Waals surface area contributed by atoms with Crippen molar-refractivity contribution in [2.45, 2.75) is 17.6 Å². The molecule has 0 aromatic heterocycles. The summed E-state index contributed by atoms with van der Waals surface area (Å²) in [6.07, 6.45) is 0.105. The Morgan fingerprint density at radius 2 is 1.62 bits per heavy atom. The van der Waals surface area contributed by atoms with Gasteiger partial charge in [-0.25, -0.2) is 0 Å². The van der Waals surface area contributed by atoms with Gasteiger partial charge in [0.05, 0.1) is 0 Å².